The largest absolute Gasteiger partial charge is 0.316 e. The van der Waals surface area contributed by atoms with E-state index in [1.54, 1.807) is 6.20 Å². The summed E-state index contributed by atoms with van der Waals surface area (Å²) in [5.41, 5.74) is 1.19. The first-order valence-electron chi connectivity index (χ1n) is 9.02. The highest BCUT2D eigenvalue weighted by Crippen LogP contribution is 2.28. The van der Waals surface area contributed by atoms with Crippen LogP contribution in [0.4, 0.5) is 0 Å². The lowest BCUT2D eigenvalue weighted by Gasteiger charge is -2.32. The maximum atomic E-state index is 6.33. The van der Waals surface area contributed by atoms with Gasteiger partial charge in [-0.25, -0.2) is 0 Å². The Morgan fingerprint density at radius 1 is 1.15 bits per heavy atom. The third kappa shape index (κ3) is 3.66. The van der Waals surface area contributed by atoms with Crippen molar-refractivity contribution in [2.75, 3.05) is 13.1 Å². The van der Waals surface area contributed by atoms with Crippen LogP contribution in [0.25, 0.3) is 0 Å². The Morgan fingerprint density at radius 2 is 2.04 bits per heavy atom. The van der Waals surface area contributed by atoms with Gasteiger partial charge < -0.3 is 4.57 Å². The smallest absolute Gasteiger partial charge is 0.154 e. The van der Waals surface area contributed by atoms with Gasteiger partial charge in [-0.3, -0.25) is 9.58 Å². The Bertz CT molecular complexity index is 857. The van der Waals surface area contributed by atoms with E-state index in [4.69, 9.17) is 11.6 Å². The molecule has 3 aromatic rings. The standard InChI is InChI=1S/C19H23ClN6/c1-24-18(14-26-11-5-9-21-26)22-23-19(24)16-7-4-10-25(13-16)12-15-6-2-3-8-17(15)20/h2-3,5-6,8-9,11,16H,4,7,10,12-14H2,1H3/t16-/m1/s1. The molecular weight excluding hydrogens is 348 g/mol. The first-order valence-corrected chi connectivity index (χ1v) is 9.40. The van der Waals surface area contributed by atoms with Gasteiger partial charge in [0.2, 0.25) is 0 Å². The molecule has 1 aliphatic rings. The predicted molar refractivity (Wildman–Crippen MR) is 101 cm³/mol. The zero-order valence-corrected chi connectivity index (χ0v) is 15.7. The number of halogens is 1. The quantitative estimate of drug-likeness (QED) is 0.692. The summed E-state index contributed by atoms with van der Waals surface area (Å²) in [6.07, 6.45) is 6.04. The highest BCUT2D eigenvalue weighted by Gasteiger charge is 2.26. The minimum Gasteiger partial charge on any atom is -0.316 e. The molecule has 26 heavy (non-hydrogen) atoms. The zero-order chi connectivity index (χ0) is 17.9. The molecule has 7 heteroatoms. The summed E-state index contributed by atoms with van der Waals surface area (Å²) in [6, 6.07) is 10.0. The van der Waals surface area contributed by atoms with E-state index in [0.29, 0.717) is 12.5 Å². The van der Waals surface area contributed by atoms with Gasteiger partial charge in [0.25, 0.3) is 0 Å². The summed E-state index contributed by atoms with van der Waals surface area (Å²) in [5.74, 6) is 2.40. The number of piperidine rings is 1. The molecule has 0 unspecified atom stereocenters. The van der Waals surface area contributed by atoms with Crippen LogP contribution in [0.1, 0.15) is 36.0 Å². The van der Waals surface area contributed by atoms with Gasteiger partial charge in [0.15, 0.2) is 5.82 Å². The number of rotatable bonds is 5. The summed E-state index contributed by atoms with van der Waals surface area (Å²) < 4.78 is 4.00. The molecule has 1 aliphatic heterocycles. The fraction of sp³-hybridized carbons (Fsp3) is 0.421. The Labute approximate surface area is 158 Å². The summed E-state index contributed by atoms with van der Waals surface area (Å²) in [6.45, 7) is 3.61. The number of aromatic nitrogens is 5. The van der Waals surface area contributed by atoms with Crippen LogP contribution in [0, 0.1) is 0 Å². The summed E-state index contributed by atoms with van der Waals surface area (Å²) >= 11 is 6.33. The molecular formula is C19H23ClN6. The van der Waals surface area contributed by atoms with E-state index in [2.05, 4.69) is 37.9 Å². The molecule has 136 valence electrons. The third-order valence-electron chi connectivity index (χ3n) is 5.08. The van der Waals surface area contributed by atoms with Crippen LogP contribution in [-0.4, -0.2) is 42.5 Å². The van der Waals surface area contributed by atoms with E-state index in [-0.39, 0.29) is 0 Å². The van der Waals surface area contributed by atoms with E-state index < -0.39 is 0 Å². The zero-order valence-electron chi connectivity index (χ0n) is 14.9. The number of nitrogens with zero attached hydrogens (tertiary/aromatic N) is 6. The van der Waals surface area contributed by atoms with Crippen LogP contribution < -0.4 is 0 Å². The molecule has 0 saturated carbocycles. The van der Waals surface area contributed by atoms with Gasteiger partial charge in [-0.2, -0.15) is 5.10 Å². The predicted octanol–water partition coefficient (Wildman–Crippen LogP) is 3.09. The molecule has 6 nitrogen and oxygen atoms in total. The van der Waals surface area contributed by atoms with Crippen LogP contribution >= 0.6 is 11.6 Å². The van der Waals surface area contributed by atoms with Gasteiger partial charge in [-0.05, 0) is 37.1 Å². The van der Waals surface area contributed by atoms with Crippen molar-refractivity contribution in [3.05, 3.63) is 65.0 Å². The topological polar surface area (TPSA) is 51.8 Å². The lowest BCUT2D eigenvalue weighted by Crippen LogP contribution is -2.35. The Balaban J connectivity index is 1.46. The summed E-state index contributed by atoms with van der Waals surface area (Å²) in [5, 5.41) is 14.0. The number of benzene rings is 1. The second kappa shape index (κ2) is 7.60. The molecule has 0 N–H and O–H groups in total. The monoisotopic (exact) mass is 370 g/mol. The van der Waals surface area contributed by atoms with Crippen molar-refractivity contribution in [1.82, 2.24) is 29.4 Å². The molecule has 1 atom stereocenters. The van der Waals surface area contributed by atoms with Crippen molar-refractivity contribution in [2.45, 2.75) is 31.8 Å². The van der Waals surface area contributed by atoms with E-state index in [1.165, 1.54) is 5.56 Å². The molecule has 2 aromatic heterocycles. The fourth-order valence-electron chi connectivity index (χ4n) is 3.68. The van der Waals surface area contributed by atoms with Crippen LogP contribution in [0.15, 0.2) is 42.7 Å². The molecule has 0 aliphatic carbocycles. The molecule has 0 amide bonds. The van der Waals surface area contributed by atoms with Crippen LogP contribution in [0.2, 0.25) is 5.02 Å². The molecule has 0 bridgehead atoms. The van der Waals surface area contributed by atoms with Gasteiger partial charge in [0.1, 0.15) is 12.4 Å². The van der Waals surface area contributed by atoms with Crippen molar-refractivity contribution in [3.63, 3.8) is 0 Å². The van der Waals surface area contributed by atoms with Gasteiger partial charge in [-0.1, -0.05) is 29.8 Å². The average Bonchev–Trinajstić information content (AvgIpc) is 3.28. The average molecular weight is 371 g/mol. The van der Waals surface area contributed by atoms with Crippen molar-refractivity contribution >= 4 is 11.6 Å². The molecule has 0 radical (unpaired) electrons. The third-order valence-corrected chi connectivity index (χ3v) is 5.45. The summed E-state index contributed by atoms with van der Waals surface area (Å²) in [7, 11) is 2.06. The van der Waals surface area contributed by atoms with Gasteiger partial charge >= 0.3 is 0 Å². The molecule has 4 rings (SSSR count). The Morgan fingerprint density at radius 3 is 2.85 bits per heavy atom. The molecule has 0 spiro atoms. The van der Waals surface area contributed by atoms with Crippen LogP contribution in [0.5, 0.6) is 0 Å². The first-order chi connectivity index (χ1) is 12.7. The lowest BCUT2D eigenvalue weighted by molar-refractivity contribution is 0.195. The maximum absolute atomic E-state index is 6.33. The molecule has 3 heterocycles. The van der Waals surface area contributed by atoms with Crippen molar-refractivity contribution in [3.8, 4) is 0 Å². The van der Waals surface area contributed by atoms with Gasteiger partial charge in [-0.15, -0.1) is 10.2 Å². The summed E-state index contributed by atoms with van der Waals surface area (Å²) in [4.78, 5) is 2.47. The van der Waals surface area contributed by atoms with E-state index in [9.17, 15) is 0 Å². The Hall–Kier alpha value is -2.18. The molecule has 1 aromatic carbocycles. The Kier molecular flexibility index (Phi) is 5.04. The number of likely N-dealkylation sites (tertiary alicyclic amines) is 1. The lowest BCUT2D eigenvalue weighted by atomic mass is 9.96. The number of hydrogen-bond donors (Lipinski definition) is 0. The van der Waals surface area contributed by atoms with E-state index >= 15 is 0 Å². The van der Waals surface area contributed by atoms with E-state index in [0.717, 1.165) is 49.1 Å². The number of hydrogen-bond acceptors (Lipinski definition) is 4. The van der Waals surface area contributed by atoms with Gasteiger partial charge in [0.05, 0.1) is 0 Å². The normalized spacial score (nSPS) is 18.3. The maximum Gasteiger partial charge on any atom is 0.154 e. The van der Waals surface area contributed by atoms with Crippen LogP contribution in [-0.2, 0) is 20.1 Å². The van der Waals surface area contributed by atoms with Crippen molar-refractivity contribution in [1.29, 1.82) is 0 Å². The first kappa shape index (κ1) is 17.2. The van der Waals surface area contributed by atoms with Crippen molar-refractivity contribution in [2.24, 2.45) is 7.05 Å². The molecule has 1 fully saturated rings. The SMILES string of the molecule is Cn1c(Cn2cccn2)nnc1[C@@H]1CCCN(Cc2ccccc2Cl)C1. The van der Waals surface area contributed by atoms with Crippen molar-refractivity contribution < 1.29 is 0 Å². The highest BCUT2D eigenvalue weighted by atomic mass is 35.5. The fourth-order valence-corrected chi connectivity index (χ4v) is 3.88. The highest BCUT2D eigenvalue weighted by molar-refractivity contribution is 6.31. The second-order valence-corrected chi connectivity index (χ2v) is 7.31. The van der Waals surface area contributed by atoms with E-state index in [1.807, 2.05) is 35.1 Å². The minimum absolute atomic E-state index is 0.398. The minimum atomic E-state index is 0.398. The second-order valence-electron chi connectivity index (χ2n) is 6.90. The van der Waals surface area contributed by atoms with Crippen LogP contribution in [0.3, 0.4) is 0 Å². The van der Waals surface area contributed by atoms with Gasteiger partial charge in [0, 0.05) is 43.5 Å². The molecule has 1 saturated heterocycles.